The van der Waals surface area contributed by atoms with Crippen LogP contribution >= 0.6 is 0 Å². The third kappa shape index (κ3) is 8.44. The van der Waals surface area contributed by atoms with Gasteiger partial charge in [0.1, 0.15) is 23.3 Å². The van der Waals surface area contributed by atoms with Crippen LogP contribution in [0.1, 0.15) is 99.1 Å². The number of rotatable bonds is 12. The Morgan fingerprint density at radius 3 is 1.24 bits per heavy atom. The number of ether oxygens (including phenoxy) is 2. The topological polar surface area (TPSA) is 119 Å². The highest BCUT2D eigenvalue weighted by Gasteiger charge is 2.50. The molecule has 2 aromatic heterocycles. The van der Waals surface area contributed by atoms with Crippen molar-refractivity contribution >= 4 is 55.0 Å². The Balaban J connectivity index is 1.51. The quantitative estimate of drug-likeness (QED) is 0.0794. The summed E-state index contributed by atoms with van der Waals surface area (Å²) in [6, 6.07) is 25.8. The SMILES string of the molecule is CCn1nc(C)cc1/C(=C(\C#N)c1ccc([Si](C)(C)C)cc1)C1(OC(=O)OC2(/C(=C(/C#N)c3ccc([Si](C)(C)C)cc3)c3cc(C)nn3CC)CCCC2)CCCC1. The van der Waals surface area contributed by atoms with Crippen LogP contribution in [0.15, 0.2) is 60.7 Å². The van der Waals surface area contributed by atoms with Gasteiger partial charge in [0.25, 0.3) is 0 Å². The first-order valence-corrected chi connectivity index (χ1v) is 28.0. The molecule has 2 aliphatic carbocycles. The molecule has 2 aliphatic rings. The summed E-state index contributed by atoms with van der Waals surface area (Å²) in [6.45, 7) is 23.0. The van der Waals surface area contributed by atoms with Gasteiger partial charge in [-0.05, 0) is 102 Å². The molecule has 2 fully saturated rings. The largest absolute Gasteiger partial charge is 0.510 e. The fourth-order valence-corrected chi connectivity index (χ4v) is 11.3. The number of benzene rings is 2. The standard InChI is InChI=1S/C47H60N6O3Si2/c1-11-52-41(29-33(3)50-52)43(39(31-48)35-17-21-37(22-18-35)57(5,6)7)46(25-13-14-26-46)55-45(54)56-47(27-15-16-28-47)44(42-30-34(4)51-53(42)12-2)40(32-49)36-19-23-38(24-20-36)58(8,9)10/h17-24,29-30H,11-16,25-28H2,1-10H3/b43-39-,44-40-. The van der Waals surface area contributed by atoms with Crippen LogP contribution in [-0.2, 0) is 22.6 Å². The van der Waals surface area contributed by atoms with Crippen LogP contribution in [0.2, 0.25) is 39.3 Å². The van der Waals surface area contributed by atoms with Gasteiger partial charge in [-0.2, -0.15) is 20.7 Å². The molecule has 0 bridgehead atoms. The minimum Gasteiger partial charge on any atom is -0.423 e. The van der Waals surface area contributed by atoms with Crippen LogP contribution in [0, 0.1) is 36.5 Å². The molecule has 0 N–H and O–H groups in total. The molecule has 0 amide bonds. The molecule has 2 aromatic carbocycles. The monoisotopic (exact) mass is 812 g/mol. The molecule has 0 unspecified atom stereocenters. The van der Waals surface area contributed by atoms with E-state index in [-0.39, 0.29) is 0 Å². The maximum Gasteiger partial charge on any atom is 0.510 e. The van der Waals surface area contributed by atoms with Gasteiger partial charge in [-0.3, -0.25) is 9.36 Å². The Kier molecular flexibility index (Phi) is 12.3. The van der Waals surface area contributed by atoms with Gasteiger partial charge in [-0.15, -0.1) is 0 Å². The number of allylic oxidation sites excluding steroid dienone is 2. The lowest BCUT2D eigenvalue weighted by Crippen LogP contribution is -2.40. The Hall–Kier alpha value is -4.98. The van der Waals surface area contributed by atoms with Crippen LogP contribution in [-0.4, -0.2) is 53.1 Å². The van der Waals surface area contributed by atoms with E-state index in [0.717, 1.165) is 59.6 Å². The van der Waals surface area contributed by atoms with Crippen molar-refractivity contribution in [3.05, 3.63) is 94.6 Å². The van der Waals surface area contributed by atoms with Crippen molar-refractivity contribution in [3.8, 4) is 12.1 Å². The van der Waals surface area contributed by atoms with Gasteiger partial charge >= 0.3 is 6.16 Å². The van der Waals surface area contributed by atoms with Crippen LogP contribution in [0.5, 0.6) is 0 Å². The first kappa shape index (κ1) is 42.6. The summed E-state index contributed by atoms with van der Waals surface area (Å²) in [6.07, 6.45) is 4.63. The molecule has 0 aliphatic heterocycles. The average Bonchev–Trinajstić information content (AvgIpc) is 4.00. The molecule has 0 spiro atoms. The Labute approximate surface area is 347 Å². The maximum atomic E-state index is 14.9. The molecule has 6 rings (SSSR count). The number of hydrogen-bond acceptors (Lipinski definition) is 7. The molecular weight excluding hydrogens is 753 g/mol. The zero-order valence-electron chi connectivity index (χ0n) is 36.3. The molecule has 58 heavy (non-hydrogen) atoms. The van der Waals surface area contributed by atoms with Crippen molar-refractivity contribution in [2.45, 2.75) is 143 Å². The van der Waals surface area contributed by atoms with Crippen molar-refractivity contribution in [2.75, 3.05) is 0 Å². The maximum absolute atomic E-state index is 14.9. The van der Waals surface area contributed by atoms with Gasteiger partial charge in [-0.25, -0.2) is 4.79 Å². The fraction of sp³-hybridized carbons (Fsp3) is 0.468. The lowest BCUT2D eigenvalue weighted by Gasteiger charge is -2.37. The van der Waals surface area contributed by atoms with E-state index in [1.807, 2.05) is 73.5 Å². The summed E-state index contributed by atoms with van der Waals surface area (Å²) in [5.41, 5.74) is 4.74. The normalized spacial score (nSPS) is 17.2. The highest BCUT2D eigenvalue weighted by Crippen LogP contribution is 2.51. The molecule has 0 atom stereocenters. The third-order valence-corrected chi connectivity index (χ3v) is 16.1. The van der Waals surface area contributed by atoms with Gasteiger partial charge in [-0.1, -0.05) is 98.2 Å². The second kappa shape index (κ2) is 16.7. The van der Waals surface area contributed by atoms with Crippen molar-refractivity contribution in [2.24, 2.45) is 0 Å². The Morgan fingerprint density at radius 1 is 0.638 bits per heavy atom. The summed E-state index contributed by atoms with van der Waals surface area (Å²) >= 11 is 0. The summed E-state index contributed by atoms with van der Waals surface area (Å²) in [5.74, 6) is 0. The highest BCUT2D eigenvalue weighted by atomic mass is 28.3. The van der Waals surface area contributed by atoms with Gasteiger partial charge in [0.15, 0.2) is 0 Å². The van der Waals surface area contributed by atoms with E-state index in [0.29, 0.717) is 61.1 Å². The van der Waals surface area contributed by atoms with E-state index in [1.165, 1.54) is 10.4 Å². The molecule has 4 aromatic rings. The predicted molar refractivity (Wildman–Crippen MR) is 239 cm³/mol. The van der Waals surface area contributed by atoms with E-state index >= 15 is 0 Å². The van der Waals surface area contributed by atoms with Crippen LogP contribution < -0.4 is 10.4 Å². The van der Waals surface area contributed by atoms with Gasteiger partial charge in [0.2, 0.25) is 0 Å². The Bertz CT molecular complexity index is 2130. The molecule has 2 heterocycles. The number of hydrogen-bond donors (Lipinski definition) is 0. The molecule has 11 heteroatoms. The summed E-state index contributed by atoms with van der Waals surface area (Å²) in [5, 5.41) is 34.3. The van der Waals surface area contributed by atoms with Crippen molar-refractivity contribution in [3.63, 3.8) is 0 Å². The van der Waals surface area contributed by atoms with Crippen molar-refractivity contribution in [1.82, 2.24) is 19.6 Å². The minimum absolute atomic E-state index is 0.471. The first-order chi connectivity index (χ1) is 27.5. The van der Waals surface area contributed by atoms with Gasteiger partial charge in [0, 0.05) is 24.2 Å². The number of carbonyl (C=O) groups excluding carboxylic acids is 1. The van der Waals surface area contributed by atoms with Crippen molar-refractivity contribution < 1.29 is 14.3 Å². The predicted octanol–water partition coefficient (Wildman–Crippen LogP) is 10.2. The number of nitrogens with zero attached hydrogens (tertiary/aromatic N) is 6. The molecule has 0 radical (unpaired) electrons. The van der Waals surface area contributed by atoms with Gasteiger partial charge < -0.3 is 9.47 Å². The zero-order chi connectivity index (χ0) is 42.0. The van der Waals surface area contributed by atoms with Crippen LogP contribution in [0.4, 0.5) is 4.79 Å². The molecule has 304 valence electrons. The second-order valence-electron chi connectivity index (χ2n) is 18.2. The first-order valence-electron chi connectivity index (χ1n) is 21.0. The second-order valence-corrected chi connectivity index (χ2v) is 28.4. The van der Waals surface area contributed by atoms with E-state index < -0.39 is 33.5 Å². The van der Waals surface area contributed by atoms with E-state index in [9.17, 15) is 15.3 Å². The van der Waals surface area contributed by atoms with E-state index in [1.54, 1.807) is 0 Å². The van der Waals surface area contributed by atoms with Crippen LogP contribution in [0.25, 0.3) is 22.3 Å². The lowest BCUT2D eigenvalue weighted by molar-refractivity contribution is -0.0404. The third-order valence-electron chi connectivity index (χ3n) is 12.0. The lowest BCUT2D eigenvalue weighted by atomic mass is 9.83. The zero-order valence-corrected chi connectivity index (χ0v) is 38.3. The Morgan fingerprint density at radius 2 is 0.966 bits per heavy atom. The molecule has 2 saturated carbocycles. The summed E-state index contributed by atoms with van der Waals surface area (Å²) < 4.78 is 17.4. The molecule has 0 saturated heterocycles. The van der Waals surface area contributed by atoms with E-state index in [2.05, 4.69) is 75.7 Å². The van der Waals surface area contributed by atoms with Crippen molar-refractivity contribution in [1.29, 1.82) is 10.5 Å². The molecule has 9 nitrogen and oxygen atoms in total. The number of aryl methyl sites for hydroxylation is 4. The fourth-order valence-electron chi connectivity index (χ4n) is 9.00. The molecular formula is C47H60N6O3Si2. The summed E-state index contributed by atoms with van der Waals surface area (Å²) in [7, 11) is -3.20. The number of carbonyl (C=O) groups is 1. The number of nitriles is 2. The summed E-state index contributed by atoms with van der Waals surface area (Å²) in [4.78, 5) is 14.9. The highest BCUT2D eigenvalue weighted by molar-refractivity contribution is 6.89. The minimum atomic E-state index is -1.60. The van der Waals surface area contributed by atoms with Gasteiger partial charge in [0.05, 0.1) is 50.1 Å². The van der Waals surface area contributed by atoms with Crippen LogP contribution in [0.3, 0.4) is 0 Å². The smallest absolute Gasteiger partial charge is 0.423 e. The number of aromatic nitrogens is 4. The van der Waals surface area contributed by atoms with E-state index in [4.69, 9.17) is 19.7 Å². The average molecular weight is 813 g/mol.